The van der Waals surface area contributed by atoms with Crippen molar-refractivity contribution in [2.45, 2.75) is 13.3 Å². The first-order valence-corrected chi connectivity index (χ1v) is 4.41. The monoisotopic (exact) mass is 180 g/mol. The smallest absolute Gasteiger partial charge is 0.165 e. The summed E-state index contributed by atoms with van der Waals surface area (Å²) in [5.41, 5.74) is 0.670. The first-order chi connectivity index (χ1) is 6.25. The van der Waals surface area contributed by atoms with Crippen molar-refractivity contribution in [1.29, 1.82) is 0 Å². The van der Waals surface area contributed by atoms with Crippen molar-refractivity contribution in [3.63, 3.8) is 0 Å². The summed E-state index contributed by atoms with van der Waals surface area (Å²) in [7, 11) is 0. The predicted octanol–water partition coefficient (Wildman–Crippen LogP) is 2.87. The molecule has 0 fully saturated rings. The van der Waals surface area contributed by atoms with E-state index in [0.717, 1.165) is 0 Å². The summed E-state index contributed by atoms with van der Waals surface area (Å²) in [6, 6.07) is 9.01. The van der Waals surface area contributed by atoms with Crippen molar-refractivity contribution >= 4 is 5.78 Å². The molecule has 0 aromatic heterocycles. The van der Waals surface area contributed by atoms with Gasteiger partial charge in [0.25, 0.3) is 0 Å². The first-order valence-electron chi connectivity index (χ1n) is 4.41. The largest absolute Gasteiger partial charge is 0.294 e. The number of alkyl halides is 1. The molecule has 0 spiro atoms. The van der Waals surface area contributed by atoms with Gasteiger partial charge in [-0.3, -0.25) is 9.18 Å². The second-order valence-electron chi connectivity index (χ2n) is 3.11. The van der Waals surface area contributed by atoms with Crippen molar-refractivity contribution in [2.24, 2.45) is 5.92 Å². The summed E-state index contributed by atoms with van der Waals surface area (Å²) in [5, 5.41) is 0. The van der Waals surface area contributed by atoms with Crippen LogP contribution in [0.2, 0.25) is 0 Å². The van der Waals surface area contributed by atoms with Crippen molar-refractivity contribution in [2.75, 3.05) is 6.67 Å². The minimum atomic E-state index is -0.431. The third kappa shape index (κ3) is 2.65. The van der Waals surface area contributed by atoms with E-state index in [1.54, 1.807) is 19.1 Å². The van der Waals surface area contributed by atoms with E-state index in [2.05, 4.69) is 0 Å². The van der Waals surface area contributed by atoms with Gasteiger partial charge in [0.15, 0.2) is 5.78 Å². The number of rotatable bonds is 4. The number of benzene rings is 1. The number of ketones is 1. The third-order valence-corrected chi connectivity index (χ3v) is 2.05. The van der Waals surface area contributed by atoms with Gasteiger partial charge in [0, 0.05) is 11.5 Å². The Labute approximate surface area is 77.6 Å². The molecule has 0 N–H and O–H groups in total. The van der Waals surface area contributed by atoms with E-state index in [9.17, 15) is 9.18 Å². The minimum Gasteiger partial charge on any atom is -0.294 e. The summed E-state index contributed by atoms with van der Waals surface area (Å²) in [5.74, 6) is -0.189. The van der Waals surface area contributed by atoms with Crippen molar-refractivity contribution in [3.05, 3.63) is 35.9 Å². The first kappa shape index (κ1) is 9.90. The van der Waals surface area contributed by atoms with Crippen LogP contribution in [0.3, 0.4) is 0 Å². The van der Waals surface area contributed by atoms with Crippen LogP contribution in [0, 0.1) is 5.92 Å². The summed E-state index contributed by atoms with van der Waals surface area (Å²) < 4.78 is 12.0. The standard InChI is InChI=1S/C11H13FO/c1-9(7-8-12)11(13)10-5-3-2-4-6-10/h2-6,9H,7-8H2,1H3. The summed E-state index contributed by atoms with van der Waals surface area (Å²) in [4.78, 5) is 11.6. The molecule has 0 saturated carbocycles. The molecule has 13 heavy (non-hydrogen) atoms. The number of Topliss-reactive ketones (excluding diaryl/α,β-unsaturated/α-hetero) is 1. The van der Waals surface area contributed by atoms with Gasteiger partial charge < -0.3 is 0 Å². The van der Waals surface area contributed by atoms with Crippen LogP contribution in [0.15, 0.2) is 30.3 Å². The Balaban J connectivity index is 2.68. The summed E-state index contributed by atoms with van der Waals surface area (Å²) >= 11 is 0. The SMILES string of the molecule is CC(CCF)C(=O)c1ccccc1. The number of halogens is 1. The molecular formula is C11H13FO. The van der Waals surface area contributed by atoms with E-state index in [1.807, 2.05) is 18.2 Å². The minimum absolute atomic E-state index is 0.0262. The quantitative estimate of drug-likeness (QED) is 0.651. The fourth-order valence-corrected chi connectivity index (χ4v) is 1.18. The second kappa shape index (κ2) is 4.75. The maximum absolute atomic E-state index is 12.0. The Bertz CT molecular complexity index is 269. The van der Waals surface area contributed by atoms with Crippen molar-refractivity contribution in [3.8, 4) is 0 Å². The van der Waals surface area contributed by atoms with Crippen LogP contribution in [0.25, 0.3) is 0 Å². The highest BCUT2D eigenvalue weighted by Gasteiger charge is 2.13. The van der Waals surface area contributed by atoms with Gasteiger partial charge in [0.05, 0.1) is 6.67 Å². The predicted molar refractivity (Wildman–Crippen MR) is 50.5 cm³/mol. The van der Waals surface area contributed by atoms with E-state index in [-0.39, 0.29) is 11.7 Å². The van der Waals surface area contributed by atoms with Crippen LogP contribution >= 0.6 is 0 Å². The average molecular weight is 180 g/mol. The average Bonchev–Trinajstić information content (AvgIpc) is 2.18. The highest BCUT2D eigenvalue weighted by atomic mass is 19.1. The summed E-state index contributed by atoms with van der Waals surface area (Å²) in [6.45, 7) is 1.33. The molecule has 1 unspecified atom stereocenters. The lowest BCUT2D eigenvalue weighted by Gasteiger charge is -2.07. The third-order valence-electron chi connectivity index (χ3n) is 2.05. The van der Waals surface area contributed by atoms with Gasteiger partial charge in [-0.25, -0.2) is 0 Å². The Kier molecular flexibility index (Phi) is 3.62. The van der Waals surface area contributed by atoms with E-state index >= 15 is 0 Å². The molecule has 2 heteroatoms. The maximum atomic E-state index is 12.0. The van der Waals surface area contributed by atoms with Gasteiger partial charge in [-0.2, -0.15) is 0 Å². The van der Waals surface area contributed by atoms with Crippen molar-refractivity contribution < 1.29 is 9.18 Å². The van der Waals surface area contributed by atoms with Gasteiger partial charge in [-0.05, 0) is 6.42 Å². The Morgan fingerprint density at radius 1 is 1.38 bits per heavy atom. The zero-order chi connectivity index (χ0) is 9.68. The molecule has 0 heterocycles. The number of hydrogen-bond acceptors (Lipinski definition) is 1. The fraction of sp³-hybridized carbons (Fsp3) is 0.364. The summed E-state index contributed by atoms with van der Waals surface area (Å²) in [6.07, 6.45) is 0.313. The van der Waals surface area contributed by atoms with Gasteiger partial charge in [0.1, 0.15) is 0 Å². The topological polar surface area (TPSA) is 17.1 Å². The van der Waals surface area contributed by atoms with Gasteiger partial charge >= 0.3 is 0 Å². The van der Waals surface area contributed by atoms with Gasteiger partial charge in [0.2, 0.25) is 0 Å². The highest BCUT2D eigenvalue weighted by molar-refractivity contribution is 5.97. The molecule has 0 aliphatic heterocycles. The molecule has 0 aliphatic rings. The maximum Gasteiger partial charge on any atom is 0.165 e. The molecule has 0 radical (unpaired) electrons. The van der Waals surface area contributed by atoms with Gasteiger partial charge in [-0.15, -0.1) is 0 Å². The molecule has 70 valence electrons. The van der Waals surface area contributed by atoms with Crippen molar-refractivity contribution in [1.82, 2.24) is 0 Å². The van der Waals surface area contributed by atoms with E-state index in [1.165, 1.54) is 0 Å². The second-order valence-corrected chi connectivity index (χ2v) is 3.11. The zero-order valence-corrected chi connectivity index (χ0v) is 7.66. The molecule has 1 aromatic carbocycles. The normalized spacial score (nSPS) is 12.5. The van der Waals surface area contributed by atoms with Crippen LogP contribution in [-0.4, -0.2) is 12.5 Å². The van der Waals surface area contributed by atoms with Crippen LogP contribution in [0.1, 0.15) is 23.7 Å². The lowest BCUT2D eigenvalue weighted by molar-refractivity contribution is 0.0919. The molecule has 1 aromatic rings. The lowest BCUT2D eigenvalue weighted by atomic mass is 9.97. The molecule has 0 saturated heterocycles. The Morgan fingerprint density at radius 2 is 2.00 bits per heavy atom. The molecule has 0 amide bonds. The molecular weight excluding hydrogens is 167 g/mol. The Morgan fingerprint density at radius 3 is 2.54 bits per heavy atom. The number of hydrogen-bond donors (Lipinski definition) is 0. The van der Waals surface area contributed by atoms with Gasteiger partial charge in [-0.1, -0.05) is 37.3 Å². The van der Waals surface area contributed by atoms with E-state index < -0.39 is 6.67 Å². The molecule has 0 aliphatic carbocycles. The van der Waals surface area contributed by atoms with E-state index in [4.69, 9.17) is 0 Å². The molecule has 1 rings (SSSR count). The van der Waals surface area contributed by atoms with Crippen LogP contribution in [0.4, 0.5) is 4.39 Å². The van der Waals surface area contributed by atoms with Crippen LogP contribution < -0.4 is 0 Å². The number of carbonyl (C=O) groups is 1. The van der Waals surface area contributed by atoms with Crippen LogP contribution in [-0.2, 0) is 0 Å². The number of carbonyl (C=O) groups excluding carboxylic acids is 1. The van der Waals surface area contributed by atoms with E-state index in [0.29, 0.717) is 12.0 Å². The lowest BCUT2D eigenvalue weighted by Crippen LogP contribution is -2.11. The Hall–Kier alpha value is -1.18. The highest BCUT2D eigenvalue weighted by Crippen LogP contribution is 2.11. The zero-order valence-electron chi connectivity index (χ0n) is 7.66. The molecule has 1 nitrogen and oxygen atoms in total. The molecule has 0 bridgehead atoms. The fourth-order valence-electron chi connectivity index (χ4n) is 1.18. The molecule has 1 atom stereocenters. The van der Waals surface area contributed by atoms with Crippen LogP contribution in [0.5, 0.6) is 0 Å².